The van der Waals surface area contributed by atoms with Crippen LogP contribution in [0.1, 0.15) is 27.2 Å². The highest BCUT2D eigenvalue weighted by molar-refractivity contribution is 5.78. The Labute approximate surface area is 87.1 Å². The summed E-state index contributed by atoms with van der Waals surface area (Å²) in [4.78, 5) is 16.2. The smallest absolute Gasteiger partial charge is 0.225 e. The lowest BCUT2D eigenvalue weighted by molar-refractivity contribution is -0.136. The molecule has 82 valence electrons. The third kappa shape index (κ3) is 2.71. The van der Waals surface area contributed by atoms with Gasteiger partial charge in [-0.2, -0.15) is 0 Å². The number of nitrogens with zero attached hydrogens (tertiary/aromatic N) is 2. The van der Waals surface area contributed by atoms with Crippen molar-refractivity contribution in [2.75, 3.05) is 32.7 Å². The molecule has 3 nitrogen and oxygen atoms in total. The van der Waals surface area contributed by atoms with Crippen LogP contribution in [0.3, 0.4) is 0 Å². The van der Waals surface area contributed by atoms with Crippen LogP contribution in [-0.4, -0.2) is 48.4 Å². The van der Waals surface area contributed by atoms with Gasteiger partial charge in [0.1, 0.15) is 0 Å². The Kier molecular flexibility index (Phi) is 4.39. The van der Waals surface area contributed by atoms with E-state index >= 15 is 0 Å². The van der Waals surface area contributed by atoms with Gasteiger partial charge in [0.25, 0.3) is 0 Å². The first-order chi connectivity index (χ1) is 6.69. The van der Waals surface area contributed by atoms with Crippen LogP contribution in [0.2, 0.25) is 0 Å². The van der Waals surface area contributed by atoms with Gasteiger partial charge in [-0.05, 0) is 13.0 Å². The fraction of sp³-hybridized carbons (Fsp3) is 0.909. The summed E-state index contributed by atoms with van der Waals surface area (Å²) in [7, 11) is 0. The maximum atomic E-state index is 11.8. The molecular weight excluding hydrogens is 176 g/mol. The lowest BCUT2D eigenvalue weighted by Gasteiger charge is -2.35. The molecule has 1 fully saturated rings. The molecule has 3 heteroatoms. The Morgan fingerprint density at radius 1 is 1.21 bits per heavy atom. The van der Waals surface area contributed by atoms with E-state index in [0.717, 1.165) is 39.1 Å². The Morgan fingerprint density at radius 2 is 1.79 bits per heavy atom. The quantitative estimate of drug-likeness (QED) is 0.680. The summed E-state index contributed by atoms with van der Waals surface area (Å²) in [6, 6.07) is 0. The zero-order valence-corrected chi connectivity index (χ0v) is 9.62. The maximum Gasteiger partial charge on any atom is 0.225 e. The molecule has 1 aliphatic heterocycles. The van der Waals surface area contributed by atoms with Crippen LogP contribution in [0.4, 0.5) is 0 Å². The highest BCUT2D eigenvalue weighted by Crippen LogP contribution is 2.09. The van der Waals surface area contributed by atoms with Crippen molar-refractivity contribution in [3.8, 4) is 0 Å². The number of hydrogen-bond donors (Lipinski definition) is 0. The molecule has 0 spiro atoms. The second kappa shape index (κ2) is 5.35. The van der Waals surface area contributed by atoms with E-state index in [-0.39, 0.29) is 5.92 Å². The van der Waals surface area contributed by atoms with Gasteiger partial charge in [0.15, 0.2) is 0 Å². The number of hydrogen-bond acceptors (Lipinski definition) is 2. The average Bonchev–Trinajstić information content (AvgIpc) is 2.27. The van der Waals surface area contributed by atoms with Crippen molar-refractivity contribution in [1.29, 1.82) is 0 Å². The minimum Gasteiger partial charge on any atom is -0.340 e. The topological polar surface area (TPSA) is 23.6 Å². The van der Waals surface area contributed by atoms with E-state index in [1.807, 2.05) is 11.8 Å². The highest BCUT2D eigenvalue weighted by atomic mass is 16.2. The van der Waals surface area contributed by atoms with Crippen LogP contribution < -0.4 is 0 Å². The van der Waals surface area contributed by atoms with Crippen molar-refractivity contribution in [3.63, 3.8) is 0 Å². The Balaban J connectivity index is 2.37. The van der Waals surface area contributed by atoms with E-state index in [1.54, 1.807) is 0 Å². The van der Waals surface area contributed by atoms with Crippen molar-refractivity contribution in [3.05, 3.63) is 0 Å². The van der Waals surface area contributed by atoms with E-state index in [1.165, 1.54) is 0 Å². The number of likely N-dealkylation sites (N-methyl/N-ethyl adjacent to an activating group) is 1. The zero-order chi connectivity index (χ0) is 10.6. The van der Waals surface area contributed by atoms with Crippen molar-refractivity contribution in [2.45, 2.75) is 27.2 Å². The fourth-order valence-corrected chi connectivity index (χ4v) is 1.77. The van der Waals surface area contributed by atoms with Crippen molar-refractivity contribution in [1.82, 2.24) is 9.80 Å². The number of amides is 1. The molecule has 0 aliphatic carbocycles. The summed E-state index contributed by atoms with van der Waals surface area (Å²) in [5.74, 6) is 0.534. The minimum absolute atomic E-state index is 0.197. The predicted octanol–water partition coefficient (Wildman–Crippen LogP) is 1.20. The van der Waals surface area contributed by atoms with Gasteiger partial charge in [-0.15, -0.1) is 0 Å². The molecule has 1 atom stereocenters. The normalized spacial score (nSPS) is 20.9. The van der Waals surface area contributed by atoms with Crippen LogP contribution in [0, 0.1) is 5.92 Å². The second-order valence-corrected chi connectivity index (χ2v) is 4.07. The van der Waals surface area contributed by atoms with E-state index in [2.05, 4.69) is 18.7 Å². The molecule has 0 radical (unpaired) electrons. The van der Waals surface area contributed by atoms with Crippen LogP contribution >= 0.6 is 0 Å². The average molecular weight is 198 g/mol. The Bertz CT molecular complexity index is 186. The Hall–Kier alpha value is -0.570. The maximum absolute atomic E-state index is 11.8. The molecule has 1 aliphatic rings. The number of rotatable bonds is 3. The van der Waals surface area contributed by atoms with E-state index < -0.39 is 0 Å². The molecule has 14 heavy (non-hydrogen) atoms. The first-order valence-electron chi connectivity index (χ1n) is 5.70. The molecule has 1 amide bonds. The summed E-state index contributed by atoms with van der Waals surface area (Å²) in [6.45, 7) is 11.3. The molecule has 1 rings (SSSR count). The summed E-state index contributed by atoms with van der Waals surface area (Å²) >= 11 is 0. The third-order valence-electron chi connectivity index (χ3n) is 3.17. The van der Waals surface area contributed by atoms with Crippen molar-refractivity contribution >= 4 is 5.91 Å². The molecule has 0 aromatic carbocycles. The van der Waals surface area contributed by atoms with Gasteiger partial charge in [0.05, 0.1) is 0 Å². The van der Waals surface area contributed by atoms with Crippen molar-refractivity contribution < 1.29 is 4.79 Å². The van der Waals surface area contributed by atoms with Crippen LogP contribution in [-0.2, 0) is 4.79 Å². The van der Waals surface area contributed by atoms with E-state index in [9.17, 15) is 4.79 Å². The number of carbonyl (C=O) groups excluding carboxylic acids is 1. The number of carbonyl (C=O) groups is 1. The highest BCUT2D eigenvalue weighted by Gasteiger charge is 2.22. The monoisotopic (exact) mass is 198 g/mol. The largest absolute Gasteiger partial charge is 0.340 e. The van der Waals surface area contributed by atoms with Gasteiger partial charge in [0.2, 0.25) is 5.91 Å². The molecule has 0 N–H and O–H groups in total. The second-order valence-electron chi connectivity index (χ2n) is 4.07. The molecule has 0 saturated carbocycles. The van der Waals surface area contributed by atoms with Gasteiger partial charge in [-0.3, -0.25) is 4.79 Å². The molecule has 0 aromatic rings. The zero-order valence-electron chi connectivity index (χ0n) is 9.62. The molecule has 1 saturated heterocycles. The molecule has 0 aromatic heterocycles. The van der Waals surface area contributed by atoms with Crippen molar-refractivity contribution in [2.24, 2.45) is 5.92 Å². The third-order valence-corrected chi connectivity index (χ3v) is 3.17. The van der Waals surface area contributed by atoms with E-state index in [0.29, 0.717) is 5.91 Å². The lowest BCUT2D eigenvalue weighted by atomic mass is 10.1. The summed E-state index contributed by atoms with van der Waals surface area (Å²) < 4.78 is 0. The summed E-state index contributed by atoms with van der Waals surface area (Å²) in [5.41, 5.74) is 0. The van der Waals surface area contributed by atoms with E-state index in [4.69, 9.17) is 0 Å². The molecule has 0 bridgehead atoms. The lowest BCUT2D eigenvalue weighted by Crippen LogP contribution is -2.49. The SMILES string of the molecule is CCC(C)C(=O)N1CCN(CC)CC1. The summed E-state index contributed by atoms with van der Waals surface area (Å²) in [6.07, 6.45) is 0.951. The van der Waals surface area contributed by atoms with Crippen LogP contribution in [0.25, 0.3) is 0 Å². The van der Waals surface area contributed by atoms with Crippen LogP contribution in [0.5, 0.6) is 0 Å². The Morgan fingerprint density at radius 3 is 2.21 bits per heavy atom. The first-order valence-corrected chi connectivity index (χ1v) is 5.70. The first kappa shape index (κ1) is 11.5. The van der Waals surface area contributed by atoms with Gasteiger partial charge >= 0.3 is 0 Å². The fourth-order valence-electron chi connectivity index (χ4n) is 1.77. The molecule has 1 heterocycles. The van der Waals surface area contributed by atoms with Crippen LogP contribution in [0.15, 0.2) is 0 Å². The minimum atomic E-state index is 0.197. The molecular formula is C11H22N2O. The predicted molar refractivity (Wildman–Crippen MR) is 58.1 cm³/mol. The molecule has 1 unspecified atom stereocenters. The number of piperazine rings is 1. The van der Waals surface area contributed by atoms with Gasteiger partial charge in [0, 0.05) is 32.1 Å². The summed E-state index contributed by atoms with van der Waals surface area (Å²) in [5, 5.41) is 0. The van der Waals surface area contributed by atoms with Gasteiger partial charge < -0.3 is 9.80 Å². The standard InChI is InChI=1S/C11H22N2O/c1-4-10(3)11(14)13-8-6-12(5-2)7-9-13/h10H,4-9H2,1-3H3. The van der Waals surface area contributed by atoms with Gasteiger partial charge in [-0.1, -0.05) is 20.8 Å². The van der Waals surface area contributed by atoms with Gasteiger partial charge in [-0.25, -0.2) is 0 Å².